The summed E-state index contributed by atoms with van der Waals surface area (Å²) in [7, 11) is 0. The van der Waals surface area contributed by atoms with Crippen LogP contribution in [-0.2, 0) is 9.59 Å². The van der Waals surface area contributed by atoms with Crippen LogP contribution in [0.25, 0.3) is 0 Å². The van der Waals surface area contributed by atoms with Gasteiger partial charge in [0, 0.05) is 13.1 Å². The molecule has 2 amide bonds. The van der Waals surface area contributed by atoms with Gasteiger partial charge in [-0.1, -0.05) is 51.4 Å². The predicted molar refractivity (Wildman–Crippen MR) is 134 cm³/mol. The van der Waals surface area contributed by atoms with Gasteiger partial charge in [-0.2, -0.15) is 114 Å². The lowest BCUT2D eigenvalue weighted by Crippen LogP contribution is -2.72. The second-order valence-electron chi connectivity index (χ2n) is 11.8. The van der Waals surface area contributed by atoms with Gasteiger partial charge in [-0.3, -0.25) is 9.59 Å². The molecule has 0 aliphatic rings. The molecule has 0 radical (unpaired) electrons. The lowest BCUT2D eigenvalue weighted by Gasteiger charge is -2.39. The summed E-state index contributed by atoms with van der Waals surface area (Å²) in [4.78, 5) is 22.7. The van der Waals surface area contributed by atoms with Crippen LogP contribution in [0.4, 0.5) is 114 Å². The summed E-state index contributed by atoms with van der Waals surface area (Å²) in [5, 5.41) is 1.82. The molecule has 0 aromatic heterocycles. The molecule has 0 unspecified atom stereocenters. The standard InChI is InChI=1S/C26H26F26N2O2/c27-15(28,17(31,32)19(35,36)21(39,40)23(43,44)25(47,48)49)13(55)53-11-9-7-5-3-1-2-4-6-8-10-12-54-14(56)16(29,30)18(33,34)20(37,38)22(41,42)24(45,46)26(50,51)52/h1-12H2,(H,53,55)(H,54,56). The summed E-state index contributed by atoms with van der Waals surface area (Å²) in [5.74, 6) is -84.9. The Morgan fingerprint density at radius 1 is 0.268 bits per heavy atom. The molecule has 0 spiro atoms. The normalized spacial score (nSPS) is 15.2. The molecule has 0 rings (SSSR count). The van der Waals surface area contributed by atoms with Gasteiger partial charge in [0.15, 0.2) is 0 Å². The average Bonchev–Trinajstić information content (AvgIpc) is 3.02. The van der Waals surface area contributed by atoms with Crippen molar-refractivity contribution in [3.8, 4) is 0 Å². The van der Waals surface area contributed by atoms with Crippen molar-refractivity contribution in [3.05, 3.63) is 0 Å². The van der Waals surface area contributed by atoms with E-state index in [1.165, 1.54) is 0 Å². The quantitative estimate of drug-likeness (QED) is 0.0793. The van der Waals surface area contributed by atoms with Crippen LogP contribution in [0.3, 0.4) is 0 Å². The third-order valence-electron chi connectivity index (χ3n) is 7.61. The largest absolute Gasteiger partial charge is 0.460 e. The minimum atomic E-state index is -8.17. The Morgan fingerprint density at radius 3 is 0.643 bits per heavy atom. The Kier molecular flexibility index (Phi) is 16.3. The summed E-state index contributed by atoms with van der Waals surface area (Å²) in [6.07, 6.45) is -14.6. The highest BCUT2D eigenvalue weighted by Gasteiger charge is 2.93. The number of hydrogen-bond donors (Lipinski definition) is 2. The molecule has 0 aliphatic heterocycles. The smallest absolute Gasteiger partial charge is 0.351 e. The molecule has 0 saturated carbocycles. The molecular formula is C26H26F26N2O2. The molecular weight excluding hydrogens is 866 g/mol. The molecule has 0 heterocycles. The molecule has 0 bridgehead atoms. The molecule has 334 valence electrons. The van der Waals surface area contributed by atoms with Crippen molar-refractivity contribution >= 4 is 11.8 Å². The van der Waals surface area contributed by atoms with Gasteiger partial charge in [-0.25, -0.2) is 0 Å². The SMILES string of the molecule is O=C(NCCCCCCCCCCCCNC(=O)C(F)(F)C(F)(F)C(F)(F)C(F)(F)C(F)(F)C(F)(F)F)C(F)(F)C(F)(F)C(F)(F)C(F)(F)C(F)(F)C(F)(F)F. The monoisotopic (exact) mass is 892 g/mol. The number of unbranched alkanes of at least 4 members (excludes halogenated alkanes) is 9. The van der Waals surface area contributed by atoms with E-state index in [0.29, 0.717) is 12.8 Å². The molecule has 0 saturated heterocycles. The Labute approximate surface area is 296 Å². The summed E-state index contributed by atoms with van der Waals surface area (Å²) >= 11 is 0. The van der Waals surface area contributed by atoms with Crippen LogP contribution in [0.1, 0.15) is 64.2 Å². The minimum absolute atomic E-state index is 0.0496. The van der Waals surface area contributed by atoms with Gasteiger partial charge in [0.05, 0.1) is 0 Å². The second kappa shape index (κ2) is 17.1. The number of hydrogen-bond acceptors (Lipinski definition) is 2. The van der Waals surface area contributed by atoms with Crippen molar-refractivity contribution in [1.82, 2.24) is 10.6 Å². The molecule has 0 aromatic carbocycles. The number of nitrogens with one attached hydrogen (secondary N) is 2. The van der Waals surface area contributed by atoms with Crippen molar-refractivity contribution in [3.63, 3.8) is 0 Å². The van der Waals surface area contributed by atoms with Crippen LogP contribution in [-0.4, -0.2) is 96.5 Å². The number of alkyl halides is 26. The van der Waals surface area contributed by atoms with E-state index in [1.54, 1.807) is 0 Å². The molecule has 4 nitrogen and oxygen atoms in total. The van der Waals surface area contributed by atoms with Gasteiger partial charge < -0.3 is 10.6 Å². The molecule has 0 fully saturated rings. The van der Waals surface area contributed by atoms with Crippen LogP contribution in [0.5, 0.6) is 0 Å². The van der Waals surface area contributed by atoms with Crippen molar-refractivity contribution in [2.75, 3.05) is 13.1 Å². The number of halogens is 26. The fourth-order valence-electron chi connectivity index (χ4n) is 4.11. The van der Waals surface area contributed by atoms with Gasteiger partial charge in [-0.05, 0) is 12.8 Å². The Morgan fingerprint density at radius 2 is 0.446 bits per heavy atom. The molecule has 0 atom stereocenters. The molecule has 30 heteroatoms. The fourth-order valence-corrected chi connectivity index (χ4v) is 4.11. The van der Waals surface area contributed by atoms with E-state index in [9.17, 15) is 124 Å². The summed E-state index contributed by atoms with van der Waals surface area (Å²) in [6.45, 7) is -2.09. The van der Waals surface area contributed by atoms with E-state index < -0.39 is 109 Å². The lowest BCUT2D eigenvalue weighted by molar-refractivity contribution is -0.436. The zero-order valence-electron chi connectivity index (χ0n) is 27.1. The number of amides is 2. The first-order chi connectivity index (χ1) is 24.5. The molecule has 2 N–H and O–H groups in total. The van der Waals surface area contributed by atoms with E-state index in [1.807, 2.05) is 0 Å². The first kappa shape index (κ1) is 53.1. The van der Waals surface area contributed by atoms with Crippen molar-refractivity contribution < 1.29 is 124 Å². The fraction of sp³-hybridized carbons (Fsp3) is 0.923. The van der Waals surface area contributed by atoms with E-state index in [-0.39, 0.29) is 38.5 Å². The average molecular weight is 892 g/mol. The van der Waals surface area contributed by atoms with Crippen molar-refractivity contribution in [1.29, 1.82) is 0 Å². The maximum atomic E-state index is 13.7. The van der Waals surface area contributed by atoms with Crippen LogP contribution in [0, 0.1) is 0 Å². The lowest BCUT2D eigenvalue weighted by atomic mass is 9.93. The van der Waals surface area contributed by atoms with Crippen molar-refractivity contribution in [2.45, 2.75) is 136 Å². The number of carbonyl (C=O) groups is 2. The third-order valence-corrected chi connectivity index (χ3v) is 7.61. The summed E-state index contributed by atoms with van der Waals surface area (Å²) < 4.78 is 340. The maximum Gasteiger partial charge on any atom is 0.460 e. The van der Waals surface area contributed by atoms with E-state index in [2.05, 4.69) is 0 Å². The highest BCUT2D eigenvalue weighted by molar-refractivity contribution is 5.85. The van der Waals surface area contributed by atoms with Crippen LogP contribution in [0.15, 0.2) is 0 Å². The first-order valence-corrected chi connectivity index (χ1v) is 15.0. The van der Waals surface area contributed by atoms with Gasteiger partial charge in [0.1, 0.15) is 0 Å². The van der Waals surface area contributed by atoms with E-state index >= 15 is 0 Å². The zero-order valence-corrected chi connectivity index (χ0v) is 27.1. The first-order valence-electron chi connectivity index (χ1n) is 15.0. The topological polar surface area (TPSA) is 58.2 Å². The Balaban J connectivity index is 4.70. The number of rotatable bonds is 23. The van der Waals surface area contributed by atoms with Gasteiger partial charge in [0.2, 0.25) is 0 Å². The summed E-state index contributed by atoms with van der Waals surface area (Å²) in [6, 6.07) is 0. The molecule has 0 aliphatic carbocycles. The van der Waals surface area contributed by atoms with Crippen LogP contribution < -0.4 is 10.6 Å². The Hall–Kier alpha value is -2.88. The second-order valence-corrected chi connectivity index (χ2v) is 11.8. The van der Waals surface area contributed by atoms with E-state index in [4.69, 9.17) is 0 Å². The molecule has 56 heavy (non-hydrogen) atoms. The highest BCUT2D eigenvalue weighted by atomic mass is 19.4. The maximum absolute atomic E-state index is 13.7. The zero-order chi connectivity index (χ0) is 45.1. The van der Waals surface area contributed by atoms with Crippen LogP contribution in [0.2, 0.25) is 0 Å². The van der Waals surface area contributed by atoms with Gasteiger partial charge in [0.25, 0.3) is 11.8 Å². The third kappa shape index (κ3) is 9.52. The minimum Gasteiger partial charge on any atom is -0.351 e. The number of carbonyl (C=O) groups excluding carboxylic acids is 2. The Bertz CT molecular complexity index is 1210. The van der Waals surface area contributed by atoms with Crippen LogP contribution >= 0.6 is 0 Å². The van der Waals surface area contributed by atoms with Crippen molar-refractivity contribution in [2.24, 2.45) is 0 Å². The predicted octanol–water partition coefficient (Wildman–Crippen LogP) is 10.6. The van der Waals surface area contributed by atoms with E-state index in [0.717, 1.165) is 10.6 Å². The van der Waals surface area contributed by atoms with Gasteiger partial charge >= 0.3 is 71.6 Å². The van der Waals surface area contributed by atoms with Gasteiger partial charge in [-0.15, -0.1) is 0 Å². The molecule has 0 aromatic rings. The highest BCUT2D eigenvalue weighted by Crippen LogP contribution is 2.61. The summed E-state index contributed by atoms with van der Waals surface area (Å²) in [5.41, 5.74) is 0.